The van der Waals surface area contributed by atoms with Crippen LogP contribution >= 0.6 is 11.6 Å². The minimum atomic E-state index is -0.447. The Hall–Kier alpha value is -2.66. The number of fused-ring (bicyclic) bond motifs is 1. The summed E-state index contributed by atoms with van der Waals surface area (Å²) in [7, 11) is 0. The molecule has 0 radical (unpaired) electrons. The predicted octanol–water partition coefficient (Wildman–Crippen LogP) is 5.03. The number of carbonyl (C=O) groups is 1. The number of likely N-dealkylation sites (tertiary alicyclic amines) is 1. The van der Waals surface area contributed by atoms with Crippen molar-refractivity contribution in [3.63, 3.8) is 0 Å². The first kappa shape index (κ1) is 19.6. The van der Waals surface area contributed by atoms with Gasteiger partial charge in [-0.2, -0.15) is 0 Å². The molecule has 2 aromatic carbocycles. The van der Waals surface area contributed by atoms with E-state index in [4.69, 9.17) is 16.3 Å². The minimum Gasteiger partial charge on any atom is -0.488 e. The van der Waals surface area contributed by atoms with E-state index in [0.717, 1.165) is 35.1 Å². The summed E-state index contributed by atoms with van der Waals surface area (Å²) < 4.78 is 19.7. The van der Waals surface area contributed by atoms with Gasteiger partial charge >= 0.3 is 0 Å². The molecule has 0 aliphatic carbocycles. The van der Waals surface area contributed by atoms with E-state index in [1.165, 1.54) is 12.1 Å². The maximum atomic E-state index is 13.5. The van der Waals surface area contributed by atoms with Crippen LogP contribution in [0.5, 0.6) is 5.75 Å². The lowest BCUT2D eigenvalue weighted by atomic mass is 10.1. The Morgan fingerprint density at radius 1 is 1.17 bits per heavy atom. The lowest BCUT2D eigenvalue weighted by Crippen LogP contribution is -2.41. The fourth-order valence-electron chi connectivity index (χ4n) is 3.68. The first-order chi connectivity index (χ1) is 14.1. The molecule has 0 atom stereocenters. The number of carbonyl (C=O) groups excluding carboxylic acids is 1. The third-order valence-corrected chi connectivity index (χ3v) is 5.60. The zero-order valence-corrected chi connectivity index (χ0v) is 16.7. The van der Waals surface area contributed by atoms with Crippen LogP contribution in [-0.4, -0.2) is 35.0 Å². The van der Waals surface area contributed by atoms with Gasteiger partial charge in [-0.3, -0.25) is 9.78 Å². The minimum absolute atomic E-state index is 0.0667. The molecule has 4 rings (SSSR count). The second-order valence-corrected chi connectivity index (χ2v) is 7.68. The molecular formula is C23H22ClFN2O2. The maximum absolute atomic E-state index is 13.5. The second kappa shape index (κ2) is 8.78. The van der Waals surface area contributed by atoms with Crippen LogP contribution in [0.3, 0.4) is 0 Å². The van der Waals surface area contributed by atoms with Crippen molar-refractivity contribution in [2.24, 2.45) is 0 Å². The maximum Gasteiger partial charge on any atom is 0.222 e. The Morgan fingerprint density at radius 3 is 2.76 bits per heavy atom. The number of nitrogens with zero attached hydrogens (tertiary/aromatic N) is 2. The van der Waals surface area contributed by atoms with Gasteiger partial charge in [0.1, 0.15) is 23.2 Å². The Labute approximate surface area is 174 Å². The Kier molecular flexibility index (Phi) is 5.95. The van der Waals surface area contributed by atoms with Gasteiger partial charge in [0.25, 0.3) is 0 Å². The molecule has 0 saturated carbocycles. The number of halogens is 2. The van der Waals surface area contributed by atoms with Crippen molar-refractivity contribution in [3.05, 3.63) is 71.1 Å². The summed E-state index contributed by atoms with van der Waals surface area (Å²) in [5, 5.41) is 1.15. The second-order valence-electron chi connectivity index (χ2n) is 7.28. The Bertz CT molecular complexity index is 1010. The van der Waals surface area contributed by atoms with Crippen molar-refractivity contribution in [1.29, 1.82) is 0 Å². The van der Waals surface area contributed by atoms with Crippen LogP contribution in [0, 0.1) is 5.82 Å². The predicted molar refractivity (Wildman–Crippen MR) is 112 cm³/mol. The van der Waals surface area contributed by atoms with Crippen LogP contribution < -0.4 is 4.74 Å². The Balaban J connectivity index is 1.29. The molecular weight excluding hydrogens is 391 g/mol. The van der Waals surface area contributed by atoms with Crippen LogP contribution in [0.15, 0.2) is 54.7 Å². The molecule has 29 heavy (non-hydrogen) atoms. The van der Waals surface area contributed by atoms with Gasteiger partial charge < -0.3 is 9.64 Å². The molecule has 0 bridgehead atoms. The van der Waals surface area contributed by atoms with Crippen LogP contribution in [0.1, 0.15) is 24.8 Å². The number of hydrogen-bond acceptors (Lipinski definition) is 3. The highest BCUT2D eigenvalue weighted by atomic mass is 35.5. The molecule has 1 aliphatic heterocycles. The van der Waals surface area contributed by atoms with Crippen molar-refractivity contribution in [2.45, 2.75) is 31.8 Å². The number of para-hydroxylation sites is 1. The fraction of sp³-hybridized carbons (Fsp3) is 0.304. The van der Waals surface area contributed by atoms with E-state index in [9.17, 15) is 9.18 Å². The highest BCUT2D eigenvalue weighted by Crippen LogP contribution is 2.26. The van der Waals surface area contributed by atoms with Crippen molar-refractivity contribution in [3.8, 4) is 5.75 Å². The first-order valence-electron chi connectivity index (χ1n) is 9.82. The summed E-state index contributed by atoms with van der Waals surface area (Å²) >= 11 is 5.70. The summed E-state index contributed by atoms with van der Waals surface area (Å²) in [6, 6.07) is 14.5. The molecule has 1 aliphatic rings. The molecule has 6 heteroatoms. The standard InChI is InChI=1S/C23H22ClFN2O2/c24-19-8-6-16(15-20(19)25)7-9-22(28)27-13-10-18(11-14-27)29-21-5-1-3-17-4-2-12-26-23(17)21/h1-6,8,12,15,18H,7,9-11,13-14H2. The lowest BCUT2D eigenvalue weighted by Gasteiger charge is -2.32. The van der Waals surface area contributed by atoms with E-state index >= 15 is 0 Å². The van der Waals surface area contributed by atoms with E-state index in [0.29, 0.717) is 25.9 Å². The van der Waals surface area contributed by atoms with Gasteiger partial charge in [0.2, 0.25) is 5.91 Å². The van der Waals surface area contributed by atoms with Crippen molar-refractivity contribution in [2.75, 3.05) is 13.1 Å². The summed E-state index contributed by atoms with van der Waals surface area (Å²) in [5.74, 6) is 0.431. The number of aryl methyl sites for hydroxylation is 1. The average molecular weight is 413 g/mol. The molecule has 1 amide bonds. The van der Waals surface area contributed by atoms with Gasteiger partial charge in [0.15, 0.2) is 0 Å². The molecule has 0 spiro atoms. The van der Waals surface area contributed by atoms with Crippen LogP contribution in [-0.2, 0) is 11.2 Å². The topological polar surface area (TPSA) is 42.4 Å². The number of benzene rings is 2. The van der Waals surface area contributed by atoms with E-state index in [2.05, 4.69) is 4.98 Å². The van der Waals surface area contributed by atoms with Gasteiger partial charge in [-0.15, -0.1) is 0 Å². The van der Waals surface area contributed by atoms with Crippen LogP contribution in [0.25, 0.3) is 10.9 Å². The molecule has 1 aromatic heterocycles. The SMILES string of the molecule is O=C(CCc1ccc(Cl)c(F)c1)N1CCC(Oc2cccc3cccnc23)CC1. The first-order valence-corrected chi connectivity index (χ1v) is 10.2. The molecule has 3 aromatic rings. The zero-order chi connectivity index (χ0) is 20.2. The Morgan fingerprint density at radius 2 is 1.97 bits per heavy atom. The van der Waals surface area contributed by atoms with E-state index in [1.54, 1.807) is 12.3 Å². The molecule has 0 N–H and O–H groups in total. The van der Waals surface area contributed by atoms with E-state index < -0.39 is 5.82 Å². The van der Waals surface area contributed by atoms with Crippen molar-refractivity contribution < 1.29 is 13.9 Å². The third kappa shape index (κ3) is 4.67. The van der Waals surface area contributed by atoms with Crippen LogP contribution in [0.2, 0.25) is 5.02 Å². The molecule has 2 heterocycles. The van der Waals surface area contributed by atoms with Gasteiger partial charge in [-0.05, 0) is 36.2 Å². The fourth-order valence-corrected chi connectivity index (χ4v) is 3.80. The largest absolute Gasteiger partial charge is 0.488 e. The summed E-state index contributed by atoms with van der Waals surface area (Å²) in [6.07, 6.45) is 4.26. The van der Waals surface area contributed by atoms with Gasteiger partial charge in [-0.1, -0.05) is 35.9 Å². The van der Waals surface area contributed by atoms with Gasteiger partial charge in [-0.25, -0.2) is 4.39 Å². The lowest BCUT2D eigenvalue weighted by molar-refractivity contribution is -0.132. The molecule has 1 fully saturated rings. The van der Waals surface area contributed by atoms with Crippen molar-refractivity contribution >= 4 is 28.4 Å². The monoisotopic (exact) mass is 412 g/mol. The van der Waals surface area contributed by atoms with E-state index in [1.807, 2.05) is 35.2 Å². The van der Waals surface area contributed by atoms with Gasteiger partial charge in [0.05, 0.1) is 5.02 Å². The summed E-state index contributed by atoms with van der Waals surface area (Å²) in [5.41, 5.74) is 1.64. The van der Waals surface area contributed by atoms with Gasteiger partial charge in [0, 0.05) is 43.9 Å². The third-order valence-electron chi connectivity index (χ3n) is 5.30. The zero-order valence-electron chi connectivity index (χ0n) is 16.0. The number of aromatic nitrogens is 1. The number of hydrogen-bond donors (Lipinski definition) is 0. The van der Waals surface area contributed by atoms with E-state index in [-0.39, 0.29) is 17.0 Å². The summed E-state index contributed by atoms with van der Waals surface area (Å²) in [6.45, 7) is 1.33. The number of amides is 1. The average Bonchev–Trinajstić information content (AvgIpc) is 2.75. The molecule has 4 nitrogen and oxygen atoms in total. The number of pyridine rings is 1. The number of piperidine rings is 1. The molecule has 150 valence electrons. The highest BCUT2D eigenvalue weighted by Gasteiger charge is 2.24. The highest BCUT2D eigenvalue weighted by molar-refractivity contribution is 6.30. The number of ether oxygens (including phenoxy) is 1. The molecule has 0 unspecified atom stereocenters. The van der Waals surface area contributed by atoms with Crippen LogP contribution in [0.4, 0.5) is 4.39 Å². The van der Waals surface area contributed by atoms with Crippen molar-refractivity contribution in [1.82, 2.24) is 9.88 Å². The molecule has 1 saturated heterocycles. The normalized spacial score (nSPS) is 14.9. The summed E-state index contributed by atoms with van der Waals surface area (Å²) in [4.78, 5) is 18.8. The smallest absolute Gasteiger partial charge is 0.222 e. The quantitative estimate of drug-likeness (QED) is 0.590. The number of rotatable bonds is 5.